The molecule has 0 spiro atoms. The second-order valence-electron chi connectivity index (χ2n) is 4.15. The zero-order chi connectivity index (χ0) is 13.5. The van der Waals surface area contributed by atoms with Crippen LogP contribution in [0.4, 0.5) is 5.69 Å². The van der Waals surface area contributed by atoms with E-state index in [4.69, 9.17) is 10.5 Å². The van der Waals surface area contributed by atoms with Crippen LogP contribution >= 0.6 is 11.8 Å². The molecule has 0 aliphatic heterocycles. The first-order valence-electron chi connectivity index (χ1n) is 5.79. The Labute approximate surface area is 112 Å². The molecule has 1 aromatic rings. The highest BCUT2D eigenvalue weighted by Gasteiger charge is 2.13. The number of nitrogens with two attached hydrogens (primary N) is 1. The number of rotatable bonds is 6. The van der Waals surface area contributed by atoms with Crippen LogP contribution in [0, 0.1) is 0 Å². The molecule has 0 atom stereocenters. The summed E-state index contributed by atoms with van der Waals surface area (Å²) in [5, 5.41) is 0. The van der Waals surface area contributed by atoms with E-state index in [1.54, 1.807) is 50.0 Å². The summed E-state index contributed by atoms with van der Waals surface area (Å²) in [5.41, 5.74) is 7.16. The number of amides is 1. The van der Waals surface area contributed by atoms with Crippen molar-refractivity contribution >= 4 is 23.4 Å². The Kier molecular flexibility index (Phi) is 6.01. The molecule has 0 aliphatic rings. The number of nitrogens with zero attached hydrogens (tertiary/aromatic N) is 1. The summed E-state index contributed by atoms with van der Waals surface area (Å²) in [5.74, 6) is 0.912. The lowest BCUT2D eigenvalue weighted by Crippen LogP contribution is -2.22. The normalized spacial score (nSPS) is 10.4. The SMILES string of the molecule is COCCCSc1cc(N)ccc1C(=O)N(C)C. The Morgan fingerprint density at radius 3 is 2.78 bits per heavy atom. The maximum atomic E-state index is 12.0. The molecule has 0 bridgehead atoms. The van der Waals surface area contributed by atoms with E-state index in [0.717, 1.165) is 23.7 Å². The minimum Gasteiger partial charge on any atom is -0.399 e. The van der Waals surface area contributed by atoms with Crippen molar-refractivity contribution in [3.8, 4) is 0 Å². The lowest BCUT2D eigenvalue weighted by atomic mass is 10.2. The number of carbonyl (C=O) groups excluding carboxylic acids is 1. The van der Waals surface area contributed by atoms with Gasteiger partial charge in [0.05, 0.1) is 5.56 Å². The minimum absolute atomic E-state index is 0.00393. The Hall–Kier alpha value is -1.20. The Morgan fingerprint density at radius 1 is 1.44 bits per heavy atom. The molecule has 0 aromatic heterocycles. The number of benzene rings is 1. The Bertz CT molecular complexity index is 408. The molecule has 0 saturated carbocycles. The van der Waals surface area contributed by atoms with Crippen molar-refractivity contribution in [1.82, 2.24) is 4.90 Å². The third kappa shape index (κ3) is 4.23. The predicted octanol–water partition coefficient (Wildman–Crippen LogP) is 2.10. The second kappa shape index (κ2) is 7.28. The molecule has 0 unspecified atom stereocenters. The van der Waals surface area contributed by atoms with Gasteiger partial charge in [0.25, 0.3) is 5.91 Å². The number of nitrogen functional groups attached to an aromatic ring is 1. The van der Waals surface area contributed by atoms with Crippen molar-refractivity contribution in [1.29, 1.82) is 0 Å². The van der Waals surface area contributed by atoms with Gasteiger partial charge in [-0.1, -0.05) is 0 Å². The average molecular weight is 268 g/mol. The van der Waals surface area contributed by atoms with Gasteiger partial charge in [-0.05, 0) is 24.6 Å². The van der Waals surface area contributed by atoms with E-state index in [9.17, 15) is 4.79 Å². The highest BCUT2D eigenvalue weighted by atomic mass is 32.2. The predicted molar refractivity (Wildman–Crippen MR) is 76.1 cm³/mol. The van der Waals surface area contributed by atoms with Gasteiger partial charge in [-0.2, -0.15) is 0 Å². The van der Waals surface area contributed by atoms with Crippen molar-refractivity contribution < 1.29 is 9.53 Å². The highest BCUT2D eigenvalue weighted by Crippen LogP contribution is 2.26. The van der Waals surface area contributed by atoms with Gasteiger partial charge in [0.15, 0.2) is 0 Å². The van der Waals surface area contributed by atoms with Gasteiger partial charge in [-0.25, -0.2) is 0 Å². The van der Waals surface area contributed by atoms with E-state index in [1.807, 2.05) is 6.07 Å². The number of ether oxygens (including phenoxy) is 1. The summed E-state index contributed by atoms with van der Waals surface area (Å²) in [6.45, 7) is 0.728. The Balaban J connectivity index is 2.80. The number of anilines is 1. The van der Waals surface area contributed by atoms with Crippen LogP contribution in [0.5, 0.6) is 0 Å². The summed E-state index contributed by atoms with van der Waals surface area (Å²) < 4.78 is 5.01. The van der Waals surface area contributed by atoms with Gasteiger partial charge in [0.1, 0.15) is 0 Å². The molecule has 1 aromatic carbocycles. The average Bonchev–Trinajstić information content (AvgIpc) is 2.34. The van der Waals surface area contributed by atoms with Crippen molar-refractivity contribution in [2.75, 3.05) is 39.3 Å². The summed E-state index contributed by atoms with van der Waals surface area (Å²) in [6.07, 6.45) is 0.950. The zero-order valence-corrected chi connectivity index (χ0v) is 11.9. The fourth-order valence-electron chi connectivity index (χ4n) is 1.46. The van der Waals surface area contributed by atoms with E-state index in [2.05, 4.69) is 0 Å². The summed E-state index contributed by atoms with van der Waals surface area (Å²) in [7, 11) is 5.18. The number of thioether (sulfide) groups is 1. The molecule has 0 heterocycles. The van der Waals surface area contributed by atoms with Crippen molar-refractivity contribution in [3.63, 3.8) is 0 Å². The van der Waals surface area contributed by atoms with E-state index >= 15 is 0 Å². The van der Waals surface area contributed by atoms with Crippen LogP contribution in [-0.2, 0) is 4.74 Å². The fraction of sp³-hybridized carbons (Fsp3) is 0.462. The van der Waals surface area contributed by atoms with Crippen LogP contribution in [0.3, 0.4) is 0 Å². The maximum Gasteiger partial charge on any atom is 0.254 e. The zero-order valence-electron chi connectivity index (χ0n) is 11.1. The number of methoxy groups -OCH3 is 1. The first-order chi connectivity index (χ1) is 8.56. The highest BCUT2D eigenvalue weighted by molar-refractivity contribution is 7.99. The monoisotopic (exact) mass is 268 g/mol. The smallest absolute Gasteiger partial charge is 0.254 e. The quantitative estimate of drug-likeness (QED) is 0.488. The van der Waals surface area contributed by atoms with Gasteiger partial charge >= 0.3 is 0 Å². The molecule has 0 aliphatic carbocycles. The van der Waals surface area contributed by atoms with Crippen LogP contribution in [-0.4, -0.2) is 44.4 Å². The first-order valence-corrected chi connectivity index (χ1v) is 6.77. The summed E-state index contributed by atoms with van der Waals surface area (Å²) in [4.78, 5) is 14.5. The number of hydrogen-bond donors (Lipinski definition) is 1. The topological polar surface area (TPSA) is 55.6 Å². The second-order valence-corrected chi connectivity index (χ2v) is 5.29. The molecule has 100 valence electrons. The lowest BCUT2D eigenvalue weighted by Gasteiger charge is -2.14. The summed E-state index contributed by atoms with van der Waals surface area (Å²) >= 11 is 1.64. The molecule has 1 rings (SSSR count). The molecule has 0 fully saturated rings. The molecule has 1 amide bonds. The van der Waals surface area contributed by atoms with Crippen LogP contribution in [0.25, 0.3) is 0 Å². The van der Waals surface area contributed by atoms with E-state index in [-0.39, 0.29) is 5.91 Å². The lowest BCUT2D eigenvalue weighted by molar-refractivity contribution is 0.0824. The Morgan fingerprint density at radius 2 is 2.17 bits per heavy atom. The van der Waals surface area contributed by atoms with Crippen molar-refractivity contribution in [2.24, 2.45) is 0 Å². The van der Waals surface area contributed by atoms with Gasteiger partial charge < -0.3 is 15.4 Å². The number of hydrogen-bond acceptors (Lipinski definition) is 4. The third-order valence-electron chi connectivity index (χ3n) is 2.39. The minimum atomic E-state index is 0.00393. The fourth-order valence-corrected chi connectivity index (χ4v) is 2.47. The van der Waals surface area contributed by atoms with Crippen LogP contribution in [0.1, 0.15) is 16.8 Å². The van der Waals surface area contributed by atoms with Gasteiger partial charge in [-0.3, -0.25) is 4.79 Å². The van der Waals surface area contributed by atoms with Gasteiger partial charge in [0, 0.05) is 44.1 Å². The first kappa shape index (κ1) is 14.9. The van der Waals surface area contributed by atoms with Gasteiger partial charge in [0.2, 0.25) is 0 Å². The summed E-state index contributed by atoms with van der Waals surface area (Å²) in [6, 6.07) is 5.40. The molecular formula is C13H20N2O2S. The molecule has 18 heavy (non-hydrogen) atoms. The molecule has 0 saturated heterocycles. The largest absolute Gasteiger partial charge is 0.399 e. The number of carbonyl (C=O) groups is 1. The molecule has 0 radical (unpaired) electrons. The molecule has 5 heteroatoms. The molecule has 4 nitrogen and oxygen atoms in total. The molecule has 2 N–H and O–H groups in total. The standard InChI is InChI=1S/C13H20N2O2S/c1-15(2)13(16)11-6-5-10(14)9-12(11)18-8-4-7-17-3/h5-6,9H,4,7-8,14H2,1-3H3. The van der Waals surface area contributed by atoms with E-state index in [0.29, 0.717) is 11.3 Å². The van der Waals surface area contributed by atoms with Gasteiger partial charge in [-0.15, -0.1) is 11.8 Å². The van der Waals surface area contributed by atoms with Crippen molar-refractivity contribution in [3.05, 3.63) is 23.8 Å². The van der Waals surface area contributed by atoms with Crippen LogP contribution in [0.15, 0.2) is 23.1 Å². The third-order valence-corrected chi connectivity index (χ3v) is 3.53. The van der Waals surface area contributed by atoms with Crippen molar-refractivity contribution in [2.45, 2.75) is 11.3 Å². The van der Waals surface area contributed by atoms with E-state index < -0.39 is 0 Å². The van der Waals surface area contributed by atoms with E-state index in [1.165, 1.54) is 0 Å². The van der Waals surface area contributed by atoms with Crippen LogP contribution < -0.4 is 5.73 Å². The maximum absolute atomic E-state index is 12.0. The van der Waals surface area contributed by atoms with Crippen LogP contribution in [0.2, 0.25) is 0 Å². The molecular weight excluding hydrogens is 248 g/mol.